The molecule has 0 amide bonds. The van der Waals surface area contributed by atoms with E-state index in [1.54, 1.807) is 6.92 Å². The number of ketones is 1. The minimum absolute atomic E-state index is 0.127. The lowest BCUT2D eigenvalue weighted by molar-refractivity contribution is -0.123. The third-order valence-electron chi connectivity index (χ3n) is 2.17. The summed E-state index contributed by atoms with van der Waals surface area (Å²) in [5.74, 6) is 0.285. The van der Waals surface area contributed by atoms with Gasteiger partial charge in [-0.15, -0.1) is 0 Å². The average molecular weight is 167 g/mol. The van der Waals surface area contributed by atoms with Crippen LogP contribution in [0.15, 0.2) is 0 Å². The van der Waals surface area contributed by atoms with E-state index in [4.69, 9.17) is 5.26 Å². The van der Waals surface area contributed by atoms with Crippen LogP contribution >= 0.6 is 0 Å². The molecule has 0 rings (SSSR count). The van der Waals surface area contributed by atoms with Crippen LogP contribution in [0.1, 0.15) is 40.0 Å². The third kappa shape index (κ3) is 3.52. The van der Waals surface area contributed by atoms with Gasteiger partial charge in [0.2, 0.25) is 0 Å². The average Bonchev–Trinajstić information content (AvgIpc) is 2.06. The molecular weight excluding hydrogens is 150 g/mol. The van der Waals surface area contributed by atoms with Crippen LogP contribution in [0.5, 0.6) is 0 Å². The second-order valence-electron chi connectivity index (χ2n) is 3.21. The topological polar surface area (TPSA) is 40.9 Å². The summed E-state index contributed by atoms with van der Waals surface area (Å²) in [4.78, 5) is 11.4. The molecule has 0 saturated heterocycles. The first kappa shape index (κ1) is 11.2. The molecule has 0 aliphatic rings. The first-order chi connectivity index (χ1) is 5.65. The van der Waals surface area contributed by atoms with E-state index in [2.05, 4.69) is 6.07 Å². The van der Waals surface area contributed by atoms with Gasteiger partial charge in [-0.2, -0.15) is 5.26 Å². The Morgan fingerprint density at radius 1 is 1.42 bits per heavy atom. The van der Waals surface area contributed by atoms with Crippen molar-refractivity contribution < 1.29 is 4.79 Å². The quantitative estimate of drug-likeness (QED) is 0.631. The van der Waals surface area contributed by atoms with Gasteiger partial charge in [-0.05, 0) is 19.8 Å². The molecule has 0 aliphatic heterocycles. The lowest BCUT2D eigenvalue weighted by atomic mass is 9.92. The predicted octanol–water partition coefficient (Wildman–Crippen LogP) is 2.54. The summed E-state index contributed by atoms with van der Waals surface area (Å²) in [7, 11) is 0. The Bertz CT molecular complexity index is 177. The monoisotopic (exact) mass is 167 g/mol. The standard InChI is InChI=1S/C10H17NO/c1-4-9(5-2)10(12)6-8(3)7-11/h8-9H,4-6H2,1-3H3. The molecule has 0 bridgehead atoms. The molecule has 0 aromatic carbocycles. The van der Waals surface area contributed by atoms with Gasteiger partial charge in [0.25, 0.3) is 0 Å². The van der Waals surface area contributed by atoms with Gasteiger partial charge in [0.1, 0.15) is 5.78 Å². The van der Waals surface area contributed by atoms with E-state index in [1.807, 2.05) is 13.8 Å². The van der Waals surface area contributed by atoms with Gasteiger partial charge in [0, 0.05) is 12.3 Å². The maximum Gasteiger partial charge on any atom is 0.137 e. The van der Waals surface area contributed by atoms with Crippen LogP contribution in [0.2, 0.25) is 0 Å². The first-order valence-electron chi connectivity index (χ1n) is 4.57. The predicted molar refractivity (Wildman–Crippen MR) is 48.5 cm³/mol. The molecule has 0 fully saturated rings. The number of hydrogen-bond donors (Lipinski definition) is 0. The lowest BCUT2D eigenvalue weighted by Gasteiger charge is -2.10. The Morgan fingerprint density at radius 3 is 2.25 bits per heavy atom. The Balaban J connectivity index is 3.94. The minimum atomic E-state index is -0.127. The van der Waals surface area contributed by atoms with Crippen LogP contribution in [-0.4, -0.2) is 5.78 Å². The van der Waals surface area contributed by atoms with E-state index in [1.165, 1.54) is 0 Å². The summed E-state index contributed by atoms with van der Waals surface area (Å²) in [5, 5.41) is 8.51. The molecule has 2 heteroatoms. The molecule has 0 saturated carbocycles. The van der Waals surface area contributed by atoms with Gasteiger partial charge >= 0.3 is 0 Å². The number of hydrogen-bond acceptors (Lipinski definition) is 2. The van der Waals surface area contributed by atoms with Crippen LogP contribution in [-0.2, 0) is 4.79 Å². The van der Waals surface area contributed by atoms with Gasteiger partial charge in [-0.3, -0.25) is 4.79 Å². The van der Waals surface area contributed by atoms with Crippen molar-refractivity contribution in [3.8, 4) is 6.07 Å². The Kier molecular flexibility index (Phi) is 5.36. The molecule has 0 radical (unpaired) electrons. The van der Waals surface area contributed by atoms with Crippen LogP contribution in [0.3, 0.4) is 0 Å². The van der Waals surface area contributed by atoms with Crippen LogP contribution < -0.4 is 0 Å². The molecule has 0 heterocycles. The molecule has 1 unspecified atom stereocenters. The molecule has 0 aliphatic carbocycles. The molecule has 2 nitrogen and oxygen atoms in total. The highest BCUT2D eigenvalue weighted by molar-refractivity contribution is 5.81. The largest absolute Gasteiger partial charge is 0.299 e. The van der Waals surface area contributed by atoms with E-state index >= 15 is 0 Å². The molecular formula is C10H17NO. The Morgan fingerprint density at radius 2 is 1.92 bits per heavy atom. The van der Waals surface area contributed by atoms with Crippen molar-refractivity contribution in [2.75, 3.05) is 0 Å². The first-order valence-corrected chi connectivity index (χ1v) is 4.57. The van der Waals surface area contributed by atoms with Crippen molar-refractivity contribution in [2.45, 2.75) is 40.0 Å². The molecule has 0 N–H and O–H groups in total. The second-order valence-corrected chi connectivity index (χ2v) is 3.21. The Hall–Kier alpha value is -0.840. The number of rotatable bonds is 5. The summed E-state index contributed by atoms with van der Waals surface area (Å²) in [5.41, 5.74) is 0. The van der Waals surface area contributed by atoms with Crippen molar-refractivity contribution in [1.82, 2.24) is 0 Å². The number of nitrogens with zero attached hydrogens (tertiary/aromatic N) is 1. The fraction of sp³-hybridized carbons (Fsp3) is 0.800. The SMILES string of the molecule is CCC(CC)C(=O)CC(C)C#N. The molecule has 68 valence electrons. The van der Waals surface area contributed by atoms with E-state index in [0.29, 0.717) is 6.42 Å². The van der Waals surface area contributed by atoms with E-state index in [0.717, 1.165) is 12.8 Å². The molecule has 0 aromatic heterocycles. The van der Waals surface area contributed by atoms with Crippen molar-refractivity contribution in [2.24, 2.45) is 11.8 Å². The number of Topliss-reactive ketones (excluding diaryl/α,β-unsaturated/α-hetero) is 1. The zero-order chi connectivity index (χ0) is 9.56. The van der Waals surface area contributed by atoms with Gasteiger partial charge in [-0.25, -0.2) is 0 Å². The summed E-state index contributed by atoms with van der Waals surface area (Å²) >= 11 is 0. The fourth-order valence-electron chi connectivity index (χ4n) is 1.26. The maximum absolute atomic E-state index is 11.4. The highest BCUT2D eigenvalue weighted by atomic mass is 16.1. The van der Waals surface area contributed by atoms with Gasteiger partial charge in [0.15, 0.2) is 0 Å². The van der Waals surface area contributed by atoms with Gasteiger partial charge in [-0.1, -0.05) is 13.8 Å². The van der Waals surface area contributed by atoms with Crippen molar-refractivity contribution in [3.05, 3.63) is 0 Å². The highest BCUT2D eigenvalue weighted by Crippen LogP contribution is 2.14. The van der Waals surface area contributed by atoms with E-state index in [9.17, 15) is 4.79 Å². The summed E-state index contributed by atoms with van der Waals surface area (Å²) in [6, 6.07) is 2.08. The van der Waals surface area contributed by atoms with Crippen LogP contribution in [0.25, 0.3) is 0 Å². The summed E-state index contributed by atoms with van der Waals surface area (Å²) < 4.78 is 0. The normalized spacial score (nSPS) is 12.6. The van der Waals surface area contributed by atoms with Gasteiger partial charge in [0.05, 0.1) is 12.0 Å². The van der Waals surface area contributed by atoms with E-state index in [-0.39, 0.29) is 17.6 Å². The second kappa shape index (κ2) is 5.77. The molecule has 1 atom stereocenters. The van der Waals surface area contributed by atoms with Crippen LogP contribution in [0.4, 0.5) is 0 Å². The molecule has 0 aromatic rings. The Labute approximate surface area is 74.6 Å². The zero-order valence-electron chi connectivity index (χ0n) is 8.13. The third-order valence-corrected chi connectivity index (χ3v) is 2.17. The minimum Gasteiger partial charge on any atom is -0.299 e. The van der Waals surface area contributed by atoms with Crippen molar-refractivity contribution >= 4 is 5.78 Å². The zero-order valence-corrected chi connectivity index (χ0v) is 8.13. The fourth-order valence-corrected chi connectivity index (χ4v) is 1.26. The summed E-state index contributed by atoms with van der Waals surface area (Å²) in [6.45, 7) is 5.83. The summed E-state index contributed by atoms with van der Waals surface area (Å²) in [6.07, 6.45) is 2.21. The van der Waals surface area contributed by atoms with Crippen molar-refractivity contribution in [1.29, 1.82) is 5.26 Å². The number of carbonyl (C=O) groups is 1. The molecule has 0 spiro atoms. The molecule has 12 heavy (non-hydrogen) atoms. The van der Waals surface area contributed by atoms with Crippen molar-refractivity contribution in [3.63, 3.8) is 0 Å². The van der Waals surface area contributed by atoms with E-state index < -0.39 is 0 Å². The highest BCUT2D eigenvalue weighted by Gasteiger charge is 2.16. The number of nitriles is 1. The number of carbonyl (C=O) groups excluding carboxylic acids is 1. The maximum atomic E-state index is 11.4. The smallest absolute Gasteiger partial charge is 0.137 e. The van der Waals surface area contributed by atoms with Crippen LogP contribution in [0, 0.1) is 23.2 Å². The lowest BCUT2D eigenvalue weighted by Crippen LogP contribution is -2.15. The van der Waals surface area contributed by atoms with Gasteiger partial charge < -0.3 is 0 Å².